The van der Waals surface area contributed by atoms with E-state index in [-0.39, 0.29) is 24.8 Å². The summed E-state index contributed by atoms with van der Waals surface area (Å²) in [7, 11) is 0. The first-order valence-corrected chi connectivity index (χ1v) is 9.07. The molecule has 0 radical (unpaired) electrons. The zero-order valence-corrected chi connectivity index (χ0v) is 16.0. The predicted octanol–water partition coefficient (Wildman–Crippen LogP) is 3.55. The summed E-state index contributed by atoms with van der Waals surface area (Å²) in [6.45, 7) is 7.01. The molecule has 144 valence electrons. The van der Waals surface area contributed by atoms with Gasteiger partial charge in [-0.3, -0.25) is 9.59 Å². The average Bonchev–Trinajstić information content (AvgIpc) is 2.64. The normalized spacial score (nSPS) is 10.2. The third-order valence-electron chi connectivity index (χ3n) is 3.75. The molecule has 27 heavy (non-hydrogen) atoms. The van der Waals surface area contributed by atoms with Crippen LogP contribution in [0, 0.1) is 6.92 Å². The van der Waals surface area contributed by atoms with Crippen molar-refractivity contribution in [2.75, 3.05) is 25.1 Å². The molecule has 0 heterocycles. The van der Waals surface area contributed by atoms with Crippen LogP contribution in [0.5, 0.6) is 11.5 Å². The van der Waals surface area contributed by atoms with Gasteiger partial charge in [0, 0.05) is 30.3 Å². The molecule has 6 heteroatoms. The Balaban J connectivity index is 1.86. The SMILES string of the molecule is CCOc1ccc(NC(=O)CCNC(=O)c2cccc(C)c2)cc1OCC. The Morgan fingerprint density at radius 2 is 1.70 bits per heavy atom. The largest absolute Gasteiger partial charge is 0.490 e. The fourth-order valence-corrected chi connectivity index (χ4v) is 2.53. The summed E-state index contributed by atoms with van der Waals surface area (Å²) in [6.07, 6.45) is 0.175. The van der Waals surface area contributed by atoms with Crippen molar-refractivity contribution in [1.29, 1.82) is 0 Å². The first kappa shape index (κ1) is 20.3. The smallest absolute Gasteiger partial charge is 0.251 e. The van der Waals surface area contributed by atoms with Crippen LogP contribution >= 0.6 is 0 Å². The van der Waals surface area contributed by atoms with Gasteiger partial charge in [-0.05, 0) is 45.0 Å². The Hall–Kier alpha value is -3.02. The first-order valence-electron chi connectivity index (χ1n) is 9.07. The Morgan fingerprint density at radius 1 is 0.963 bits per heavy atom. The van der Waals surface area contributed by atoms with Crippen LogP contribution in [0.3, 0.4) is 0 Å². The quantitative estimate of drug-likeness (QED) is 0.708. The maximum Gasteiger partial charge on any atom is 0.251 e. The number of hydrogen-bond donors (Lipinski definition) is 2. The second kappa shape index (κ2) is 10.2. The summed E-state index contributed by atoms with van der Waals surface area (Å²) < 4.78 is 11.1. The highest BCUT2D eigenvalue weighted by molar-refractivity contribution is 5.95. The molecule has 0 aliphatic carbocycles. The summed E-state index contributed by atoms with van der Waals surface area (Å²) in [4.78, 5) is 24.2. The molecule has 0 bridgehead atoms. The van der Waals surface area contributed by atoms with Crippen LogP contribution in [0.25, 0.3) is 0 Å². The molecule has 0 spiro atoms. The van der Waals surface area contributed by atoms with Crippen LogP contribution in [0.2, 0.25) is 0 Å². The summed E-state index contributed by atoms with van der Waals surface area (Å²) in [6, 6.07) is 12.6. The van der Waals surface area contributed by atoms with E-state index in [9.17, 15) is 9.59 Å². The van der Waals surface area contributed by atoms with Gasteiger partial charge in [-0.1, -0.05) is 17.7 Å². The molecular weight excluding hydrogens is 344 g/mol. The fraction of sp³-hybridized carbons (Fsp3) is 0.333. The van der Waals surface area contributed by atoms with Gasteiger partial charge in [0.2, 0.25) is 5.91 Å². The molecule has 2 N–H and O–H groups in total. The molecule has 0 saturated heterocycles. The van der Waals surface area contributed by atoms with Crippen molar-refractivity contribution < 1.29 is 19.1 Å². The lowest BCUT2D eigenvalue weighted by Gasteiger charge is -2.13. The second-order valence-corrected chi connectivity index (χ2v) is 5.95. The number of rotatable bonds is 9. The van der Waals surface area contributed by atoms with E-state index in [1.165, 1.54) is 0 Å². The van der Waals surface area contributed by atoms with E-state index >= 15 is 0 Å². The van der Waals surface area contributed by atoms with E-state index in [2.05, 4.69) is 10.6 Å². The van der Waals surface area contributed by atoms with Crippen molar-refractivity contribution >= 4 is 17.5 Å². The zero-order chi connectivity index (χ0) is 19.6. The third kappa shape index (κ3) is 6.33. The molecule has 0 aromatic heterocycles. The highest BCUT2D eigenvalue weighted by Crippen LogP contribution is 2.30. The maximum atomic E-state index is 12.1. The van der Waals surface area contributed by atoms with Crippen LogP contribution in [-0.2, 0) is 4.79 Å². The van der Waals surface area contributed by atoms with Gasteiger partial charge in [0.25, 0.3) is 5.91 Å². The lowest BCUT2D eigenvalue weighted by atomic mass is 10.1. The van der Waals surface area contributed by atoms with Gasteiger partial charge in [0.1, 0.15) is 0 Å². The molecule has 0 fully saturated rings. The van der Waals surface area contributed by atoms with Crippen LogP contribution in [-0.4, -0.2) is 31.6 Å². The van der Waals surface area contributed by atoms with Crippen LogP contribution in [0.1, 0.15) is 36.2 Å². The zero-order valence-electron chi connectivity index (χ0n) is 16.0. The number of benzene rings is 2. The second-order valence-electron chi connectivity index (χ2n) is 5.95. The highest BCUT2D eigenvalue weighted by atomic mass is 16.5. The Bertz CT molecular complexity index is 790. The minimum absolute atomic E-state index is 0.175. The van der Waals surface area contributed by atoms with Crippen molar-refractivity contribution in [3.05, 3.63) is 53.6 Å². The van der Waals surface area contributed by atoms with E-state index in [4.69, 9.17) is 9.47 Å². The molecule has 0 unspecified atom stereocenters. The van der Waals surface area contributed by atoms with Crippen LogP contribution in [0.4, 0.5) is 5.69 Å². The minimum Gasteiger partial charge on any atom is -0.490 e. The van der Waals surface area contributed by atoms with Gasteiger partial charge in [-0.25, -0.2) is 0 Å². The van der Waals surface area contributed by atoms with E-state index in [1.807, 2.05) is 39.0 Å². The summed E-state index contributed by atoms with van der Waals surface area (Å²) in [5.74, 6) is 0.852. The number of anilines is 1. The number of hydrogen-bond acceptors (Lipinski definition) is 4. The van der Waals surface area contributed by atoms with Crippen molar-refractivity contribution in [2.24, 2.45) is 0 Å². The molecule has 0 aliphatic rings. The number of carbonyl (C=O) groups excluding carboxylic acids is 2. The average molecular weight is 370 g/mol. The van der Waals surface area contributed by atoms with Crippen LogP contribution in [0.15, 0.2) is 42.5 Å². The molecule has 6 nitrogen and oxygen atoms in total. The van der Waals surface area contributed by atoms with E-state index < -0.39 is 0 Å². The molecule has 0 saturated carbocycles. The minimum atomic E-state index is -0.189. The van der Waals surface area contributed by atoms with Crippen molar-refractivity contribution in [2.45, 2.75) is 27.2 Å². The number of amides is 2. The standard InChI is InChI=1S/C21H26N2O4/c1-4-26-18-10-9-17(14-19(18)27-5-2)23-20(24)11-12-22-21(25)16-8-6-7-15(3)13-16/h6-10,13-14H,4-5,11-12H2,1-3H3,(H,22,25)(H,23,24). The molecule has 0 atom stereocenters. The highest BCUT2D eigenvalue weighted by Gasteiger charge is 2.10. The van der Waals surface area contributed by atoms with Crippen molar-refractivity contribution in [3.8, 4) is 11.5 Å². The van der Waals surface area contributed by atoms with Crippen LogP contribution < -0.4 is 20.1 Å². The van der Waals surface area contributed by atoms with Gasteiger partial charge in [-0.2, -0.15) is 0 Å². The molecule has 2 amide bonds. The first-order chi connectivity index (χ1) is 13.0. The predicted molar refractivity (Wildman–Crippen MR) is 106 cm³/mol. The fourth-order valence-electron chi connectivity index (χ4n) is 2.53. The lowest BCUT2D eigenvalue weighted by molar-refractivity contribution is -0.116. The topological polar surface area (TPSA) is 76.7 Å². The van der Waals surface area contributed by atoms with Crippen molar-refractivity contribution in [1.82, 2.24) is 5.32 Å². The van der Waals surface area contributed by atoms with Gasteiger partial charge in [0.05, 0.1) is 13.2 Å². The van der Waals surface area contributed by atoms with Gasteiger partial charge in [-0.15, -0.1) is 0 Å². The molecular formula is C21H26N2O4. The number of nitrogens with one attached hydrogen (secondary N) is 2. The van der Waals surface area contributed by atoms with Gasteiger partial charge < -0.3 is 20.1 Å². The molecule has 2 aromatic carbocycles. The van der Waals surface area contributed by atoms with E-state index in [0.717, 1.165) is 5.56 Å². The van der Waals surface area contributed by atoms with Gasteiger partial charge in [0.15, 0.2) is 11.5 Å². The van der Waals surface area contributed by atoms with Crippen molar-refractivity contribution in [3.63, 3.8) is 0 Å². The number of ether oxygens (including phenoxy) is 2. The Labute approximate surface area is 159 Å². The third-order valence-corrected chi connectivity index (χ3v) is 3.75. The van der Waals surface area contributed by atoms with E-state index in [1.54, 1.807) is 24.3 Å². The maximum absolute atomic E-state index is 12.1. The Kier molecular flexibility index (Phi) is 7.67. The molecule has 0 aliphatic heterocycles. The Morgan fingerprint density at radius 3 is 2.41 bits per heavy atom. The summed E-state index contributed by atoms with van der Waals surface area (Å²) >= 11 is 0. The number of carbonyl (C=O) groups is 2. The number of aryl methyl sites for hydroxylation is 1. The lowest BCUT2D eigenvalue weighted by Crippen LogP contribution is -2.27. The van der Waals surface area contributed by atoms with E-state index in [0.29, 0.717) is 36.0 Å². The summed E-state index contributed by atoms with van der Waals surface area (Å²) in [5.41, 5.74) is 2.22. The monoisotopic (exact) mass is 370 g/mol. The summed E-state index contributed by atoms with van der Waals surface area (Å²) in [5, 5.41) is 5.56. The van der Waals surface area contributed by atoms with Gasteiger partial charge >= 0.3 is 0 Å². The molecule has 2 rings (SSSR count). The molecule has 2 aromatic rings.